The molecule has 158 valence electrons. The summed E-state index contributed by atoms with van der Waals surface area (Å²) in [7, 11) is 1.51. The standard InChI is InChI=1S/C22H22ClNO5S/c1-4-28-18-12-15(11-17(23)20(18)27-3)13-19-21(25)24(22(26)30-19)8-9-29-16-7-5-6-14(2)10-16/h5-7,10-13H,4,8-9H2,1-3H3/b19-13-. The summed E-state index contributed by atoms with van der Waals surface area (Å²) >= 11 is 7.16. The molecule has 0 atom stereocenters. The van der Waals surface area contributed by atoms with Crippen LogP contribution >= 0.6 is 23.4 Å². The monoisotopic (exact) mass is 447 g/mol. The van der Waals surface area contributed by atoms with E-state index >= 15 is 0 Å². The van der Waals surface area contributed by atoms with E-state index in [9.17, 15) is 9.59 Å². The number of halogens is 1. The first kappa shape index (κ1) is 22.1. The smallest absolute Gasteiger partial charge is 0.293 e. The third-order valence-electron chi connectivity index (χ3n) is 4.28. The number of aryl methyl sites for hydroxylation is 1. The maximum Gasteiger partial charge on any atom is 0.293 e. The Kier molecular flexibility index (Phi) is 7.29. The second-order valence-corrected chi connectivity index (χ2v) is 7.87. The van der Waals surface area contributed by atoms with Crippen molar-refractivity contribution in [3.8, 4) is 17.2 Å². The van der Waals surface area contributed by atoms with E-state index in [0.29, 0.717) is 39.3 Å². The number of imide groups is 1. The second-order valence-electron chi connectivity index (χ2n) is 6.47. The number of hydrogen-bond donors (Lipinski definition) is 0. The summed E-state index contributed by atoms with van der Waals surface area (Å²) in [4.78, 5) is 26.5. The first-order valence-corrected chi connectivity index (χ1v) is 10.6. The summed E-state index contributed by atoms with van der Waals surface area (Å²) in [5, 5.41) is 0.0317. The Labute approximate surface area is 184 Å². The molecule has 3 rings (SSSR count). The molecule has 30 heavy (non-hydrogen) atoms. The van der Waals surface area contributed by atoms with Gasteiger partial charge in [0.2, 0.25) is 0 Å². The predicted octanol–water partition coefficient (Wildman–Crippen LogP) is 5.17. The van der Waals surface area contributed by atoms with Gasteiger partial charge in [-0.2, -0.15) is 0 Å². The molecule has 0 N–H and O–H groups in total. The molecule has 0 aromatic heterocycles. The van der Waals surface area contributed by atoms with Crippen LogP contribution in [0.1, 0.15) is 18.1 Å². The Morgan fingerprint density at radius 1 is 1.17 bits per heavy atom. The van der Waals surface area contributed by atoms with Gasteiger partial charge in [0.25, 0.3) is 11.1 Å². The van der Waals surface area contributed by atoms with E-state index < -0.39 is 0 Å². The molecule has 2 aromatic rings. The van der Waals surface area contributed by atoms with Crippen molar-refractivity contribution in [2.24, 2.45) is 0 Å². The molecular formula is C22H22ClNO5S. The number of carbonyl (C=O) groups is 2. The maximum absolute atomic E-state index is 12.7. The minimum absolute atomic E-state index is 0.170. The number of nitrogens with zero attached hydrogens (tertiary/aromatic N) is 1. The summed E-state index contributed by atoms with van der Waals surface area (Å²) in [6.45, 7) is 4.65. The SMILES string of the molecule is CCOc1cc(/C=C2\SC(=O)N(CCOc3cccc(C)c3)C2=O)cc(Cl)c1OC. The topological polar surface area (TPSA) is 65.1 Å². The predicted molar refractivity (Wildman–Crippen MR) is 119 cm³/mol. The lowest BCUT2D eigenvalue weighted by atomic mass is 10.1. The van der Waals surface area contributed by atoms with Crippen LogP contribution in [0.5, 0.6) is 17.2 Å². The number of thioether (sulfide) groups is 1. The van der Waals surface area contributed by atoms with Crippen molar-refractivity contribution in [2.75, 3.05) is 26.9 Å². The molecule has 1 aliphatic rings. The van der Waals surface area contributed by atoms with Crippen LogP contribution in [0.3, 0.4) is 0 Å². The summed E-state index contributed by atoms with van der Waals surface area (Å²) in [6.07, 6.45) is 1.63. The molecule has 1 saturated heterocycles. The molecule has 0 aliphatic carbocycles. The van der Waals surface area contributed by atoms with Gasteiger partial charge in [0.05, 0.1) is 30.2 Å². The number of carbonyl (C=O) groups excluding carboxylic acids is 2. The average molecular weight is 448 g/mol. The molecule has 0 saturated carbocycles. The number of rotatable bonds is 8. The van der Waals surface area contributed by atoms with Gasteiger partial charge in [0, 0.05) is 0 Å². The molecule has 1 heterocycles. The second kappa shape index (κ2) is 9.91. The Morgan fingerprint density at radius 2 is 1.97 bits per heavy atom. The third-order valence-corrected chi connectivity index (χ3v) is 5.47. The first-order valence-electron chi connectivity index (χ1n) is 9.38. The molecule has 0 bridgehead atoms. The number of benzene rings is 2. The lowest BCUT2D eigenvalue weighted by Crippen LogP contribution is -2.32. The van der Waals surface area contributed by atoms with Crippen molar-refractivity contribution in [3.05, 3.63) is 57.5 Å². The fourth-order valence-electron chi connectivity index (χ4n) is 2.94. The molecule has 0 radical (unpaired) electrons. The van der Waals surface area contributed by atoms with Crippen molar-refractivity contribution in [1.29, 1.82) is 0 Å². The zero-order valence-electron chi connectivity index (χ0n) is 16.9. The molecule has 1 fully saturated rings. The normalized spacial score (nSPS) is 15.1. The van der Waals surface area contributed by atoms with Gasteiger partial charge in [-0.3, -0.25) is 14.5 Å². The van der Waals surface area contributed by atoms with Crippen LogP contribution in [0.15, 0.2) is 41.3 Å². The minimum atomic E-state index is -0.359. The van der Waals surface area contributed by atoms with E-state index in [2.05, 4.69) is 0 Å². The highest BCUT2D eigenvalue weighted by molar-refractivity contribution is 8.18. The molecule has 2 amide bonds. The van der Waals surface area contributed by atoms with Gasteiger partial charge in [-0.1, -0.05) is 23.7 Å². The Morgan fingerprint density at radius 3 is 2.67 bits per heavy atom. The van der Waals surface area contributed by atoms with Crippen molar-refractivity contribution in [3.63, 3.8) is 0 Å². The molecule has 8 heteroatoms. The number of amides is 2. The summed E-state index contributed by atoms with van der Waals surface area (Å²) < 4.78 is 16.5. The quantitative estimate of drug-likeness (QED) is 0.520. The number of methoxy groups -OCH3 is 1. The number of ether oxygens (including phenoxy) is 3. The largest absolute Gasteiger partial charge is 0.492 e. The summed E-state index contributed by atoms with van der Waals surface area (Å²) in [5.41, 5.74) is 1.72. The fraction of sp³-hybridized carbons (Fsp3) is 0.273. The van der Waals surface area contributed by atoms with Gasteiger partial charge in [0.15, 0.2) is 11.5 Å². The van der Waals surface area contributed by atoms with Crippen LogP contribution in [0, 0.1) is 6.92 Å². The molecular weight excluding hydrogens is 426 g/mol. The van der Waals surface area contributed by atoms with Crippen LogP contribution in [0.4, 0.5) is 4.79 Å². The molecule has 2 aromatic carbocycles. The van der Waals surface area contributed by atoms with Crippen molar-refractivity contribution >= 4 is 40.6 Å². The third kappa shape index (κ3) is 5.09. The zero-order valence-corrected chi connectivity index (χ0v) is 18.5. The minimum Gasteiger partial charge on any atom is -0.492 e. The van der Waals surface area contributed by atoms with E-state index in [1.165, 1.54) is 12.0 Å². The Hall–Kier alpha value is -2.64. The Bertz CT molecular complexity index is 991. The molecule has 0 unspecified atom stereocenters. The van der Waals surface area contributed by atoms with Crippen LogP contribution in [-0.2, 0) is 4.79 Å². The van der Waals surface area contributed by atoms with Gasteiger partial charge >= 0.3 is 0 Å². The highest BCUT2D eigenvalue weighted by Crippen LogP contribution is 2.38. The highest BCUT2D eigenvalue weighted by atomic mass is 35.5. The van der Waals surface area contributed by atoms with E-state index in [0.717, 1.165) is 17.3 Å². The lowest BCUT2D eigenvalue weighted by Gasteiger charge is -2.13. The highest BCUT2D eigenvalue weighted by Gasteiger charge is 2.34. The van der Waals surface area contributed by atoms with Crippen molar-refractivity contribution in [1.82, 2.24) is 4.90 Å². The van der Waals surface area contributed by atoms with Gasteiger partial charge < -0.3 is 14.2 Å². The lowest BCUT2D eigenvalue weighted by molar-refractivity contribution is -0.123. The fourth-order valence-corrected chi connectivity index (χ4v) is 4.10. The van der Waals surface area contributed by atoms with E-state index in [1.54, 1.807) is 18.2 Å². The average Bonchev–Trinajstić information content (AvgIpc) is 2.95. The van der Waals surface area contributed by atoms with E-state index in [-0.39, 0.29) is 24.3 Å². The maximum atomic E-state index is 12.7. The van der Waals surface area contributed by atoms with Crippen LogP contribution < -0.4 is 14.2 Å². The van der Waals surface area contributed by atoms with Gasteiger partial charge in [-0.05, 0) is 67.1 Å². The Balaban J connectivity index is 1.71. The van der Waals surface area contributed by atoms with Gasteiger partial charge in [0.1, 0.15) is 12.4 Å². The van der Waals surface area contributed by atoms with Gasteiger partial charge in [-0.25, -0.2) is 0 Å². The van der Waals surface area contributed by atoms with E-state index in [1.807, 2.05) is 38.1 Å². The van der Waals surface area contributed by atoms with Crippen LogP contribution in [0.2, 0.25) is 5.02 Å². The van der Waals surface area contributed by atoms with E-state index in [4.69, 9.17) is 25.8 Å². The number of hydrogen-bond acceptors (Lipinski definition) is 6. The van der Waals surface area contributed by atoms with Gasteiger partial charge in [-0.15, -0.1) is 0 Å². The first-order chi connectivity index (χ1) is 14.4. The van der Waals surface area contributed by atoms with Crippen LogP contribution in [-0.4, -0.2) is 42.9 Å². The zero-order chi connectivity index (χ0) is 21.7. The van der Waals surface area contributed by atoms with Crippen molar-refractivity contribution < 1.29 is 23.8 Å². The summed E-state index contributed by atoms with van der Waals surface area (Å²) in [6, 6.07) is 11.0. The molecule has 1 aliphatic heterocycles. The summed E-state index contributed by atoms with van der Waals surface area (Å²) in [5.74, 6) is 1.25. The van der Waals surface area contributed by atoms with Crippen molar-refractivity contribution in [2.45, 2.75) is 13.8 Å². The molecule has 6 nitrogen and oxygen atoms in total. The van der Waals surface area contributed by atoms with Crippen LogP contribution in [0.25, 0.3) is 6.08 Å². The molecule has 0 spiro atoms.